The maximum Gasteiger partial charge on any atom is 0.227 e. The van der Waals surface area contributed by atoms with Gasteiger partial charge in [0.1, 0.15) is 6.04 Å². The molecule has 0 aliphatic carbocycles. The van der Waals surface area contributed by atoms with E-state index in [1.807, 2.05) is 44.4 Å². The van der Waals surface area contributed by atoms with Gasteiger partial charge in [-0.05, 0) is 25.0 Å². The van der Waals surface area contributed by atoms with Gasteiger partial charge in [0.05, 0.1) is 23.6 Å². The molecule has 2 heterocycles. The van der Waals surface area contributed by atoms with Crippen LogP contribution in [-0.2, 0) is 7.05 Å². The van der Waals surface area contributed by atoms with Crippen LogP contribution in [-0.4, -0.2) is 25.8 Å². The number of aromatic nitrogens is 4. The molecule has 0 spiro atoms. The summed E-state index contributed by atoms with van der Waals surface area (Å²) in [6.07, 6.45) is 5.38. The van der Waals surface area contributed by atoms with Crippen LogP contribution in [0.15, 0.2) is 49.4 Å². The highest BCUT2D eigenvalue weighted by atomic mass is 15.3. The Kier molecular flexibility index (Phi) is 5.18. The van der Waals surface area contributed by atoms with Gasteiger partial charge in [0.2, 0.25) is 5.95 Å². The highest BCUT2D eigenvalue weighted by Crippen LogP contribution is 2.24. The summed E-state index contributed by atoms with van der Waals surface area (Å²) in [7, 11) is 1.86. The molecule has 0 aliphatic rings. The maximum atomic E-state index is 8.91. The zero-order chi connectivity index (χ0) is 19.4. The van der Waals surface area contributed by atoms with E-state index in [0.717, 1.165) is 28.1 Å². The molecule has 3 rings (SSSR count). The third-order valence-corrected chi connectivity index (χ3v) is 4.02. The molecular formula is C20H21N7. The van der Waals surface area contributed by atoms with E-state index in [1.165, 1.54) is 0 Å². The van der Waals surface area contributed by atoms with E-state index in [0.29, 0.717) is 11.6 Å². The van der Waals surface area contributed by atoms with Crippen LogP contribution in [0.3, 0.4) is 0 Å². The second-order valence-electron chi connectivity index (χ2n) is 6.30. The normalized spacial score (nSPS) is 11.5. The molecule has 2 aromatic heterocycles. The zero-order valence-corrected chi connectivity index (χ0v) is 15.6. The van der Waals surface area contributed by atoms with E-state index >= 15 is 0 Å². The lowest BCUT2D eigenvalue weighted by Gasteiger charge is -2.12. The van der Waals surface area contributed by atoms with Crippen LogP contribution < -0.4 is 10.6 Å². The van der Waals surface area contributed by atoms with E-state index in [9.17, 15) is 0 Å². The van der Waals surface area contributed by atoms with Gasteiger partial charge in [-0.3, -0.25) is 4.68 Å². The molecule has 3 aromatic rings. The first-order valence-electron chi connectivity index (χ1n) is 8.51. The van der Waals surface area contributed by atoms with Crippen LogP contribution in [0.1, 0.15) is 18.1 Å². The number of hydrogen-bond donors (Lipinski definition) is 2. The predicted octanol–water partition coefficient (Wildman–Crippen LogP) is 3.40. The first-order valence-corrected chi connectivity index (χ1v) is 8.51. The summed E-state index contributed by atoms with van der Waals surface area (Å²) >= 11 is 0. The molecule has 136 valence electrons. The summed E-state index contributed by atoms with van der Waals surface area (Å²) in [5.74, 6) is 0.515. The van der Waals surface area contributed by atoms with Gasteiger partial charge >= 0.3 is 0 Å². The first kappa shape index (κ1) is 18.1. The number of aryl methyl sites for hydroxylation is 2. The minimum Gasteiger partial charge on any atom is -0.370 e. The van der Waals surface area contributed by atoms with Crippen molar-refractivity contribution < 1.29 is 0 Å². The van der Waals surface area contributed by atoms with Crippen molar-refractivity contribution in [1.82, 2.24) is 25.1 Å². The number of nitriles is 1. The van der Waals surface area contributed by atoms with E-state index in [2.05, 4.69) is 38.3 Å². The van der Waals surface area contributed by atoms with Crippen molar-refractivity contribution in [2.24, 2.45) is 7.05 Å². The Balaban J connectivity index is 1.82. The number of benzene rings is 1. The van der Waals surface area contributed by atoms with Gasteiger partial charge in [-0.1, -0.05) is 30.8 Å². The Morgan fingerprint density at radius 3 is 2.63 bits per heavy atom. The van der Waals surface area contributed by atoms with Gasteiger partial charge in [0.15, 0.2) is 0 Å². The molecule has 2 N–H and O–H groups in total. The molecule has 0 fully saturated rings. The summed E-state index contributed by atoms with van der Waals surface area (Å²) in [5, 5.41) is 19.3. The molecular weight excluding hydrogens is 338 g/mol. The highest BCUT2D eigenvalue weighted by Gasteiger charge is 2.09. The second kappa shape index (κ2) is 7.70. The van der Waals surface area contributed by atoms with Crippen molar-refractivity contribution >= 4 is 17.3 Å². The SMILES string of the molecule is C=C(NC(C)C#N)c1ccc(-c2nc(Nc3cnn(C)c3)ncc2C)cc1. The molecule has 1 unspecified atom stereocenters. The van der Waals surface area contributed by atoms with Gasteiger partial charge in [0, 0.05) is 30.7 Å². The van der Waals surface area contributed by atoms with Crippen LogP contribution in [0.5, 0.6) is 0 Å². The lowest BCUT2D eigenvalue weighted by molar-refractivity contribution is 0.768. The van der Waals surface area contributed by atoms with Gasteiger partial charge in [-0.2, -0.15) is 10.4 Å². The third kappa shape index (κ3) is 4.30. The van der Waals surface area contributed by atoms with Gasteiger partial charge in [0.25, 0.3) is 0 Å². The van der Waals surface area contributed by atoms with E-state index < -0.39 is 0 Å². The van der Waals surface area contributed by atoms with Crippen molar-refractivity contribution in [3.63, 3.8) is 0 Å². The van der Waals surface area contributed by atoms with Crippen molar-refractivity contribution in [1.29, 1.82) is 5.26 Å². The molecule has 7 nitrogen and oxygen atoms in total. The third-order valence-electron chi connectivity index (χ3n) is 4.02. The molecule has 7 heteroatoms. The number of rotatable bonds is 6. The van der Waals surface area contributed by atoms with E-state index in [-0.39, 0.29) is 6.04 Å². The summed E-state index contributed by atoms with van der Waals surface area (Å²) in [5.41, 5.74) is 5.29. The minimum atomic E-state index is -0.289. The fourth-order valence-electron chi connectivity index (χ4n) is 2.62. The van der Waals surface area contributed by atoms with Crippen LogP contribution in [0.2, 0.25) is 0 Å². The topological polar surface area (TPSA) is 91.5 Å². The maximum absolute atomic E-state index is 8.91. The second-order valence-corrected chi connectivity index (χ2v) is 6.30. The Morgan fingerprint density at radius 1 is 1.26 bits per heavy atom. The average molecular weight is 359 g/mol. The average Bonchev–Trinajstić information content (AvgIpc) is 3.08. The van der Waals surface area contributed by atoms with Crippen LogP contribution in [0.25, 0.3) is 17.0 Å². The molecule has 0 saturated heterocycles. The molecule has 0 bridgehead atoms. The van der Waals surface area contributed by atoms with E-state index in [1.54, 1.807) is 24.0 Å². The Bertz CT molecular complexity index is 996. The lowest BCUT2D eigenvalue weighted by Crippen LogP contribution is -2.21. The molecule has 0 saturated carbocycles. The summed E-state index contributed by atoms with van der Waals surface area (Å²) in [6.45, 7) is 7.76. The van der Waals surface area contributed by atoms with Crippen LogP contribution >= 0.6 is 0 Å². The molecule has 1 atom stereocenters. The molecule has 0 radical (unpaired) electrons. The smallest absolute Gasteiger partial charge is 0.227 e. The van der Waals surface area contributed by atoms with Crippen molar-refractivity contribution in [3.05, 3.63) is 60.6 Å². The van der Waals surface area contributed by atoms with Gasteiger partial charge in [-0.25, -0.2) is 9.97 Å². The predicted molar refractivity (Wildman–Crippen MR) is 106 cm³/mol. The number of anilines is 2. The summed E-state index contributed by atoms with van der Waals surface area (Å²) in [6, 6.07) is 9.75. The van der Waals surface area contributed by atoms with Crippen LogP contribution in [0, 0.1) is 18.3 Å². The Hall–Kier alpha value is -3.66. The largest absolute Gasteiger partial charge is 0.370 e. The standard InChI is InChI=1S/C20H21N7/c1-13-10-22-20(25-18-11-23-27(4)12-18)26-19(13)17-7-5-16(6-8-17)15(3)24-14(2)9-21/h5-8,10-12,14,24H,3H2,1-2,4H3,(H,22,25,26). The molecule has 27 heavy (non-hydrogen) atoms. The van der Waals surface area contributed by atoms with Gasteiger partial charge in [-0.15, -0.1) is 0 Å². The number of nitrogens with zero attached hydrogens (tertiary/aromatic N) is 5. The quantitative estimate of drug-likeness (QED) is 0.701. The van der Waals surface area contributed by atoms with Crippen molar-refractivity contribution in [2.75, 3.05) is 5.32 Å². The Labute approximate surface area is 158 Å². The zero-order valence-electron chi connectivity index (χ0n) is 15.6. The fourth-order valence-corrected chi connectivity index (χ4v) is 2.62. The molecule has 0 aliphatic heterocycles. The Morgan fingerprint density at radius 2 is 2.00 bits per heavy atom. The minimum absolute atomic E-state index is 0.289. The van der Waals surface area contributed by atoms with Gasteiger partial charge < -0.3 is 10.6 Å². The number of hydrogen-bond acceptors (Lipinski definition) is 6. The monoisotopic (exact) mass is 359 g/mol. The molecule has 1 aromatic carbocycles. The fraction of sp³-hybridized carbons (Fsp3) is 0.200. The van der Waals surface area contributed by atoms with Crippen LogP contribution in [0.4, 0.5) is 11.6 Å². The molecule has 0 amide bonds. The van der Waals surface area contributed by atoms with E-state index in [4.69, 9.17) is 5.26 Å². The highest BCUT2D eigenvalue weighted by molar-refractivity contribution is 5.69. The summed E-state index contributed by atoms with van der Waals surface area (Å²) in [4.78, 5) is 8.99. The number of nitrogens with one attached hydrogen (secondary N) is 2. The van der Waals surface area contributed by atoms with Crippen molar-refractivity contribution in [3.8, 4) is 17.3 Å². The first-order chi connectivity index (χ1) is 13.0. The van der Waals surface area contributed by atoms with Crippen molar-refractivity contribution in [2.45, 2.75) is 19.9 Å². The lowest BCUT2D eigenvalue weighted by atomic mass is 10.0. The summed E-state index contributed by atoms with van der Waals surface area (Å²) < 4.78 is 1.71.